The molecule has 1 atom stereocenters. The fourth-order valence-corrected chi connectivity index (χ4v) is 5.32. The van der Waals surface area contributed by atoms with E-state index in [-0.39, 0.29) is 41.9 Å². The molecule has 2 aromatic heterocycles. The van der Waals surface area contributed by atoms with Crippen molar-refractivity contribution < 1.29 is 23.5 Å². The van der Waals surface area contributed by atoms with Gasteiger partial charge in [0.25, 0.3) is 5.91 Å². The molecule has 0 bridgehead atoms. The summed E-state index contributed by atoms with van der Waals surface area (Å²) in [6.45, 7) is 10.2. The first-order valence-corrected chi connectivity index (χ1v) is 14.7. The Morgan fingerprint density at radius 2 is 1.77 bits per heavy atom. The molecule has 3 amide bonds. The van der Waals surface area contributed by atoms with Gasteiger partial charge in [-0.15, -0.1) is 0 Å². The summed E-state index contributed by atoms with van der Waals surface area (Å²) in [7, 11) is 0. The SMILES string of the molecule is CC(C)c1cc(-c2ccc(F)cc2)nn2cc(C(=O)N3CCN(C(=O)C(C)(C)NC(=O)OCc4ccccc4)[C@@H](C)C3)nc12. The van der Waals surface area contributed by atoms with Crippen molar-refractivity contribution in [1.29, 1.82) is 0 Å². The highest BCUT2D eigenvalue weighted by molar-refractivity contribution is 5.94. The van der Waals surface area contributed by atoms with Gasteiger partial charge < -0.3 is 19.9 Å². The third-order valence-corrected chi connectivity index (χ3v) is 7.77. The molecule has 0 unspecified atom stereocenters. The molecule has 1 aliphatic rings. The third kappa shape index (κ3) is 6.56. The summed E-state index contributed by atoms with van der Waals surface area (Å²) in [5, 5.41) is 7.34. The average molecular weight is 601 g/mol. The second-order valence-corrected chi connectivity index (χ2v) is 12.0. The van der Waals surface area contributed by atoms with Gasteiger partial charge >= 0.3 is 6.09 Å². The average Bonchev–Trinajstić information content (AvgIpc) is 3.43. The fourth-order valence-electron chi connectivity index (χ4n) is 5.32. The van der Waals surface area contributed by atoms with Crippen molar-refractivity contribution in [3.63, 3.8) is 0 Å². The van der Waals surface area contributed by atoms with Crippen molar-refractivity contribution in [3.05, 3.63) is 89.5 Å². The maximum Gasteiger partial charge on any atom is 0.408 e. The van der Waals surface area contributed by atoms with E-state index in [9.17, 15) is 18.8 Å². The molecule has 230 valence electrons. The number of imidazole rings is 1. The molecule has 0 aliphatic carbocycles. The summed E-state index contributed by atoms with van der Waals surface area (Å²) in [6.07, 6.45) is 0.935. The minimum absolute atomic E-state index is 0.0962. The Hall–Kier alpha value is -4.80. The highest BCUT2D eigenvalue weighted by Crippen LogP contribution is 2.27. The van der Waals surface area contributed by atoms with Gasteiger partial charge in [0.15, 0.2) is 5.65 Å². The van der Waals surface area contributed by atoms with E-state index in [1.807, 2.05) is 57.2 Å². The lowest BCUT2D eigenvalue weighted by Gasteiger charge is -2.42. The van der Waals surface area contributed by atoms with Gasteiger partial charge in [-0.3, -0.25) is 9.59 Å². The van der Waals surface area contributed by atoms with E-state index in [1.54, 1.807) is 46.5 Å². The summed E-state index contributed by atoms with van der Waals surface area (Å²) < 4.78 is 20.4. The molecule has 44 heavy (non-hydrogen) atoms. The van der Waals surface area contributed by atoms with Crippen LogP contribution < -0.4 is 5.32 Å². The maximum atomic E-state index is 13.6. The number of nitrogens with one attached hydrogen (secondary N) is 1. The zero-order valence-corrected chi connectivity index (χ0v) is 25.6. The number of ether oxygens (including phenoxy) is 1. The fraction of sp³-hybridized carbons (Fsp3) is 0.364. The smallest absolute Gasteiger partial charge is 0.408 e. The van der Waals surface area contributed by atoms with E-state index >= 15 is 0 Å². The van der Waals surface area contributed by atoms with Crippen LogP contribution in [0.3, 0.4) is 0 Å². The number of nitrogens with zero attached hydrogens (tertiary/aromatic N) is 5. The molecular weight excluding hydrogens is 563 g/mol. The van der Waals surface area contributed by atoms with Crippen LogP contribution in [0.15, 0.2) is 66.9 Å². The standard InChI is InChI=1S/C33H37FN6O4/c1-21(2)26-17-27(24-11-13-25(34)14-12-24)37-40-19-28(35-29(26)40)30(41)38-15-16-39(22(3)18-38)31(42)33(4,5)36-32(43)44-20-23-9-7-6-8-10-23/h6-14,17,19,21-22H,15-16,18,20H2,1-5H3,(H,36,43)/t22-/m0/s1. The first-order valence-electron chi connectivity index (χ1n) is 14.7. The molecule has 1 fully saturated rings. The van der Waals surface area contributed by atoms with Gasteiger partial charge in [-0.25, -0.2) is 18.7 Å². The van der Waals surface area contributed by atoms with Gasteiger partial charge in [0, 0.05) is 36.8 Å². The number of halogens is 1. The molecule has 10 nitrogen and oxygen atoms in total. The van der Waals surface area contributed by atoms with Gasteiger partial charge in [0.05, 0.1) is 11.9 Å². The summed E-state index contributed by atoms with van der Waals surface area (Å²) in [5.41, 5.74) is 2.80. The van der Waals surface area contributed by atoms with Crippen LogP contribution in [0.2, 0.25) is 0 Å². The Morgan fingerprint density at radius 1 is 1.07 bits per heavy atom. The Balaban J connectivity index is 1.26. The molecule has 11 heteroatoms. The van der Waals surface area contributed by atoms with Crippen LogP contribution in [-0.4, -0.2) is 73.5 Å². The minimum Gasteiger partial charge on any atom is -0.445 e. The number of rotatable bonds is 7. The summed E-state index contributed by atoms with van der Waals surface area (Å²) >= 11 is 0. The van der Waals surface area contributed by atoms with Gasteiger partial charge in [-0.2, -0.15) is 5.10 Å². The predicted octanol–water partition coefficient (Wildman–Crippen LogP) is 5.04. The minimum atomic E-state index is -1.21. The second-order valence-electron chi connectivity index (χ2n) is 12.0. The van der Waals surface area contributed by atoms with Crippen molar-refractivity contribution in [3.8, 4) is 11.3 Å². The van der Waals surface area contributed by atoms with Crippen LogP contribution in [0.4, 0.5) is 9.18 Å². The lowest BCUT2D eigenvalue weighted by atomic mass is 10.0. The second kappa shape index (κ2) is 12.4. The molecule has 0 saturated carbocycles. The maximum absolute atomic E-state index is 13.6. The lowest BCUT2D eigenvalue weighted by molar-refractivity contribution is -0.141. The van der Waals surface area contributed by atoms with Crippen molar-refractivity contribution >= 4 is 23.6 Å². The lowest BCUT2D eigenvalue weighted by Crippen LogP contribution is -2.63. The molecule has 3 heterocycles. The molecule has 5 rings (SSSR count). The number of carbonyl (C=O) groups excluding carboxylic acids is 3. The first-order chi connectivity index (χ1) is 20.9. The van der Waals surface area contributed by atoms with Gasteiger partial charge in [-0.1, -0.05) is 44.2 Å². The number of carbonyl (C=O) groups is 3. The monoisotopic (exact) mass is 600 g/mol. The van der Waals surface area contributed by atoms with Crippen LogP contribution in [0.1, 0.15) is 62.2 Å². The molecule has 2 aromatic carbocycles. The number of alkyl carbamates (subject to hydrolysis) is 1. The van der Waals surface area contributed by atoms with Gasteiger partial charge in [0.2, 0.25) is 5.91 Å². The molecule has 4 aromatic rings. The summed E-state index contributed by atoms with van der Waals surface area (Å²) in [4.78, 5) is 47.6. The Bertz CT molecular complexity index is 1670. The number of fused-ring (bicyclic) bond motifs is 1. The van der Waals surface area contributed by atoms with E-state index in [0.29, 0.717) is 31.0 Å². The Kier molecular flexibility index (Phi) is 8.66. The summed E-state index contributed by atoms with van der Waals surface area (Å²) in [5.74, 6) is -0.742. The number of hydrogen-bond acceptors (Lipinski definition) is 6. The van der Waals surface area contributed by atoms with Crippen LogP contribution in [0.5, 0.6) is 0 Å². The van der Waals surface area contributed by atoms with E-state index in [2.05, 4.69) is 15.4 Å². The van der Waals surface area contributed by atoms with Crippen LogP contribution in [0.25, 0.3) is 16.9 Å². The highest BCUT2D eigenvalue weighted by atomic mass is 19.1. The normalized spacial score (nSPS) is 15.5. The van der Waals surface area contributed by atoms with Crippen LogP contribution >= 0.6 is 0 Å². The molecular formula is C33H37FN6O4. The van der Waals surface area contributed by atoms with Crippen molar-refractivity contribution in [2.24, 2.45) is 0 Å². The van der Waals surface area contributed by atoms with Crippen LogP contribution in [0, 0.1) is 5.82 Å². The first kappa shape index (κ1) is 30.7. The van der Waals surface area contributed by atoms with Gasteiger partial charge in [-0.05, 0) is 62.6 Å². The molecule has 1 N–H and O–H groups in total. The highest BCUT2D eigenvalue weighted by Gasteiger charge is 2.39. The third-order valence-electron chi connectivity index (χ3n) is 7.77. The van der Waals surface area contributed by atoms with Crippen LogP contribution in [-0.2, 0) is 16.1 Å². The van der Waals surface area contributed by atoms with Crippen molar-refractivity contribution in [2.75, 3.05) is 19.6 Å². The molecule has 1 aliphatic heterocycles. The van der Waals surface area contributed by atoms with Gasteiger partial charge in [0.1, 0.15) is 23.7 Å². The number of amides is 3. The Morgan fingerprint density at radius 3 is 2.43 bits per heavy atom. The number of piperazine rings is 1. The number of hydrogen-bond donors (Lipinski definition) is 1. The van der Waals surface area contributed by atoms with E-state index in [0.717, 1.165) is 16.7 Å². The van der Waals surface area contributed by atoms with E-state index in [1.165, 1.54) is 12.1 Å². The molecule has 0 radical (unpaired) electrons. The van der Waals surface area contributed by atoms with E-state index in [4.69, 9.17) is 4.74 Å². The Labute approximate surface area is 255 Å². The molecule has 0 spiro atoms. The topological polar surface area (TPSA) is 109 Å². The predicted molar refractivity (Wildman–Crippen MR) is 163 cm³/mol. The zero-order valence-electron chi connectivity index (χ0n) is 25.6. The number of aromatic nitrogens is 3. The van der Waals surface area contributed by atoms with E-state index < -0.39 is 11.6 Å². The quantitative estimate of drug-likeness (QED) is 0.319. The van der Waals surface area contributed by atoms with Crippen molar-refractivity contribution in [2.45, 2.75) is 58.7 Å². The number of benzene rings is 2. The van der Waals surface area contributed by atoms with Crippen molar-refractivity contribution in [1.82, 2.24) is 29.7 Å². The summed E-state index contributed by atoms with van der Waals surface area (Å²) in [6, 6.07) is 17.0. The zero-order chi connectivity index (χ0) is 31.6. The molecule has 1 saturated heterocycles. The largest absolute Gasteiger partial charge is 0.445 e.